The molecule has 0 fully saturated rings. The van der Waals surface area contributed by atoms with Crippen molar-refractivity contribution in [2.45, 2.75) is 38.6 Å². The lowest BCUT2D eigenvalue weighted by Gasteiger charge is -2.16. The van der Waals surface area contributed by atoms with E-state index in [4.69, 9.17) is 5.73 Å². The van der Waals surface area contributed by atoms with Crippen LogP contribution in [-0.4, -0.2) is 18.4 Å². The van der Waals surface area contributed by atoms with Crippen LogP contribution in [0.5, 0.6) is 0 Å². The molecule has 0 aromatic carbocycles. The predicted molar refractivity (Wildman–Crippen MR) is 67.2 cm³/mol. The third kappa shape index (κ3) is 1.85. The minimum atomic E-state index is 0.316. The highest BCUT2D eigenvalue weighted by Gasteiger charge is 2.22. The maximum Gasteiger partial charge on any atom is 0.136 e. The van der Waals surface area contributed by atoms with Crippen LogP contribution in [0.1, 0.15) is 42.6 Å². The summed E-state index contributed by atoms with van der Waals surface area (Å²) in [6, 6.07) is 0.316. The van der Waals surface area contributed by atoms with E-state index < -0.39 is 0 Å². The number of fused-ring (bicyclic) bond motifs is 1. The first-order valence-corrected chi connectivity index (χ1v) is 5.93. The molecule has 0 aliphatic heterocycles. The highest BCUT2D eigenvalue weighted by molar-refractivity contribution is 5.62. The van der Waals surface area contributed by atoms with Gasteiger partial charge in [0.05, 0.1) is 6.34 Å². The molecule has 0 saturated heterocycles. The lowest BCUT2D eigenvalue weighted by molar-refractivity contribution is 0.627. The van der Waals surface area contributed by atoms with Gasteiger partial charge in [0.25, 0.3) is 0 Å². The molecule has 0 radical (unpaired) electrons. The van der Waals surface area contributed by atoms with Crippen LogP contribution in [0.4, 0.5) is 5.82 Å². The second-order valence-electron chi connectivity index (χ2n) is 4.34. The maximum absolute atomic E-state index is 5.40. The minimum Gasteiger partial charge on any atom is -0.390 e. The first-order chi connectivity index (χ1) is 7.77. The van der Waals surface area contributed by atoms with Gasteiger partial charge in [-0.1, -0.05) is 0 Å². The highest BCUT2D eigenvalue weighted by Crippen LogP contribution is 2.35. The van der Waals surface area contributed by atoms with Crippen molar-refractivity contribution in [2.75, 3.05) is 7.05 Å². The zero-order chi connectivity index (χ0) is 11.5. The Kier molecular flexibility index (Phi) is 3.29. The van der Waals surface area contributed by atoms with E-state index in [1.165, 1.54) is 36.0 Å². The minimum absolute atomic E-state index is 0.316. The molecule has 0 saturated carbocycles. The van der Waals surface area contributed by atoms with Crippen molar-refractivity contribution >= 4 is 12.2 Å². The van der Waals surface area contributed by atoms with Crippen LogP contribution in [0.15, 0.2) is 4.99 Å². The van der Waals surface area contributed by atoms with Gasteiger partial charge in [0.1, 0.15) is 5.82 Å². The lowest BCUT2D eigenvalue weighted by atomic mass is 9.92. The van der Waals surface area contributed by atoms with Crippen molar-refractivity contribution in [1.29, 1.82) is 0 Å². The number of rotatable bonds is 3. The molecule has 1 atom stereocenters. The average Bonchev–Trinajstić information content (AvgIpc) is 2.66. The van der Waals surface area contributed by atoms with Gasteiger partial charge in [-0.2, -0.15) is 0 Å². The van der Waals surface area contributed by atoms with E-state index in [-0.39, 0.29) is 0 Å². The number of aromatic amines is 1. The van der Waals surface area contributed by atoms with E-state index >= 15 is 0 Å². The third-order valence-electron chi connectivity index (χ3n) is 3.39. The Labute approximate surface area is 96.3 Å². The Morgan fingerprint density at radius 3 is 2.88 bits per heavy atom. The summed E-state index contributed by atoms with van der Waals surface area (Å²) in [5, 5.41) is 3.28. The molecule has 0 spiro atoms. The number of H-pyrrole nitrogens is 1. The van der Waals surface area contributed by atoms with Gasteiger partial charge in [0, 0.05) is 17.3 Å². The fourth-order valence-corrected chi connectivity index (χ4v) is 2.48. The summed E-state index contributed by atoms with van der Waals surface area (Å²) in [4.78, 5) is 7.64. The molecular formula is C12H20N4. The summed E-state index contributed by atoms with van der Waals surface area (Å²) in [7, 11) is 1.98. The van der Waals surface area contributed by atoms with Crippen molar-refractivity contribution < 1.29 is 0 Å². The molecule has 4 nitrogen and oxygen atoms in total. The number of aryl methyl sites for hydroxylation is 1. The number of aliphatic imine (C=N–C) groups is 1. The molecule has 0 amide bonds. The first kappa shape index (κ1) is 11.2. The lowest BCUT2D eigenvalue weighted by Crippen LogP contribution is -2.14. The largest absolute Gasteiger partial charge is 0.390 e. The number of nitrogens with two attached hydrogens (primary N) is 1. The molecule has 1 aromatic rings. The molecule has 0 bridgehead atoms. The number of nitrogens with one attached hydrogen (secondary N) is 2. The summed E-state index contributed by atoms with van der Waals surface area (Å²) in [6.07, 6.45) is 6.21. The molecule has 1 aliphatic rings. The smallest absolute Gasteiger partial charge is 0.136 e. The fourth-order valence-electron chi connectivity index (χ4n) is 2.48. The van der Waals surface area contributed by atoms with Crippen molar-refractivity contribution in [2.24, 2.45) is 10.7 Å². The average molecular weight is 220 g/mol. The number of hydrogen-bond acceptors (Lipinski definition) is 2. The molecule has 1 aliphatic carbocycles. The number of hydrogen-bond donors (Lipinski definition) is 3. The van der Waals surface area contributed by atoms with Gasteiger partial charge in [-0.15, -0.1) is 0 Å². The Morgan fingerprint density at radius 2 is 2.19 bits per heavy atom. The Balaban J connectivity index is 2.48. The summed E-state index contributed by atoms with van der Waals surface area (Å²) in [5.74, 6) is 0.927. The molecule has 16 heavy (non-hydrogen) atoms. The number of nitrogens with zero attached hydrogens (tertiary/aromatic N) is 1. The van der Waals surface area contributed by atoms with Crippen molar-refractivity contribution in [1.82, 2.24) is 10.3 Å². The highest BCUT2D eigenvalue weighted by atomic mass is 15.0. The van der Waals surface area contributed by atoms with Gasteiger partial charge in [-0.3, -0.25) is 0 Å². The van der Waals surface area contributed by atoms with Gasteiger partial charge in [0.2, 0.25) is 0 Å². The quantitative estimate of drug-likeness (QED) is 0.537. The van der Waals surface area contributed by atoms with Crippen LogP contribution in [-0.2, 0) is 12.8 Å². The Hall–Kier alpha value is -1.29. The van der Waals surface area contributed by atoms with E-state index in [1.54, 1.807) is 0 Å². The molecule has 88 valence electrons. The second kappa shape index (κ2) is 4.70. The zero-order valence-electron chi connectivity index (χ0n) is 10.0. The summed E-state index contributed by atoms with van der Waals surface area (Å²) < 4.78 is 0. The SMILES string of the molecule is CNC(C)c1c(/N=C/N)[nH]c2c1CCCC2. The van der Waals surface area contributed by atoms with Crippen molar-refractivity contribution in [3.63, 3.8) is 0 Å². The van der Waals surface area contributed by atoms with Crippen LogP contribution in [0, 0.1) is 0 Å². The standard InChI is InChI=1S/C12H20N4/c1-8(14-2)11-9-5-3-4-6-10(9)16-12(11)15-7-13/h7-8,14,16H,3-6H2,1-2H3,(H2,13,15). The predicted octanol–water partition coefficient (Wildman–Crippen LogP) is 1.79. The van der Waals surface area contributed by atoms with Crippen LogP contribution >= 0.6 is 0 Å². The normalized spacial score (nSPS) is 17.6. The maximum atomic E-state index is 5.40. The molecule has 1 heterocycles. The van der Waals surface area contributed by atoms with E-state index in [9.17, 15) is 0 Å². The molecule has 4 heteroatoms. The Bertz CT molecular complexity index is 392. The van der Waals surface area contributed by atoms with Crippen LogP contribution in [0.3, 0.4) is 0 Å². The summed E-state index contributed by atoms with van der Waals surface area (Å²) >= 11 is 0. The molecule has 1 unspecified atom stereocenters. The van der Waals surface area contributed by atoms with Crippen molar-refractivity contribution in [3.05, 3.63) is 16.8 Å². The summed E-state index contributed by atoms with van der Waals surface area (Å²) in [5.41, 5.74) is 9.49. The van der Waals surface area contributed by atoms with Gasteiger partial charge in [-0.05, 0) is 45.2 Å². The van der Waals surface area contributed by atoms with Crippen LogP contribution in [0.2, 0.25) is 0 Å². The number of aromatic nitrogens is 1. The van der Waals surface area contributed by atoms with Crippen molar-refractivity contribution in [3.8, 4) is 0 Å². The van der Waals surface area contributed by atoms with E-state index in [2.05, 4.69) is 22.2 Å². The molecular weight excluding hydrogens is 200 g/mol. The third-order valence-corrected chi connectivity index (χ3v) is 3.39. The fraction of sp³-hybridized carbons (Fsp3) is 0.583. The molecule has 4 N–H and O–H groups in total. The Morgan fingerprint density at radius 1 is 1.44 bits per heavy atom. The molecule has 1 aromatic heterocycles. The monoisotopic (exact) mass is 220 g/mol. The van der Waals surface area contributed by atoms with Gasteiger partial charge < -0.3 is 16.0 Å². The van der Waals surface area contributed by atoms with Crippen LogP contribution < -0.4 is 11.1 Å². The van der Waals surface area contributed by atoms with E-state index in [1.807, 2.05) is 7.05 Å². The van der Waals surface area contributed by atoms with Gasteiger partial charge in [0.15, 0.2) is 0 Å². The van der Waals surface area contributed by atoms with Gasteiger partial charge >= 0.3 is 0 Å². The molecule has 2 rings (SSSR count). The topological polar surface area (TPSA) is 66.2 Å². The second-order valence-corrected chi connectivity index (χ2v) is 4.34. The van der Waals surface area contributed by atoms with Crippen LogP contribution in [0.25, 0.3) is 0 Å². The van der Waals surface area contributed by atoms with E-state index in [0.717, 1.165) is 18.7 Å². The van der Waals surface area contributed by atoms with E-state index in [0.29, 0.717) is 6.04 Å². The zero-order valence-corrected chi connectivity index (χ0v) is 10.0. The first-order valence-electron chi connectivity index (χ1n) is 5.93. The van der Waals surface area contributed by atoms with Gasteiger partial charge in [-0.25, -0.2) is 4.99 Å². The summed E-state index contributed by atoms with van der Waals surface area (Å²) in [6.45, 7) is 2.16.